The van der Waals surface area contributed by atoms with E-state index in [1.165, 1.54) is 241 Å². The SMILES string of the molecule is CCCCCCCCCCCCCCCCCCCCP1C2CCCC1CCC2.CCCCCCCCCCCCCCCCCCCCP1C2CCCCC1CC2. The summed E-state index contributed by atoms with van der Waals surface area (Å²) in [5.74, 6) is 0. The molecule has 0 spiro atoms. The highest BCUT2D eigenvalue weighted by atomic mass is 31.1. The average Bonchev–Trinajstić information content (AvgIpc) is 3.50. The van der Waals surface area contributed by atoms with Gasteiger partial charge < -0.3 is 0 Å². The van der Waals surface area contributed by atoms with Crippen LogP contribution in [0.5, 0.6) is 0 Å². The first-order valence-corrected chi connectivity index (χ1v) is 31.7. The van der Waals surface area contributed by atoms with Gasteiger partial charge >= 0.3 is 0 Å². The molecule has 0 aromatic rings. The third-order valence-corrected chi connectivity index (χ3v) is 23.2. The quantitative estimate of drug-likeness (QED) is 0.0429. The molecule has 0 N–H and O–H groups in total. The van der Waals surface area contributed by atoms with Crippen LogP contribution in [0.15, 0.2) is 0 Å². The minimum atomic E-state index is 0.446. The fourth-order valence-electron chi connectivity index (χ4n) is 11.9. The molecule has 2 unspecified atom stereocenters. The van der Waals surface area contributed by atoms with Crippen LogP contribution < -0.4 is 0 Å². The monoisotopic (exact) mass is 845 g/mol. The normalized spacial score (nSPS) is 24.1. The van der Waals surface area contributed by atoms with Gasteiger partial charge in [-0.3, -0.25) is 0 Å². The summed E-state index contributed by atoms with van der Waals surface area (Å²) < 4.78 is 0. The summed E-state index contributed by atoms with van der Waals surface area (Å²) in [5.41, 5.74) is 4.79. The Morgan fingerprint density at radius 2 is 0.414 bits per heavy atom. The van der Waals surface area contributed by atoms with Gasteiger partial charge in [0.2, 0.25) is 0 Å². The fourth-order valence-corrected chi connectivity index (χ4v) is 19.8. The third-order valence-electron chi connectivity index (χ3n) is 15.7. The summed E-state index contributed by atoms with van der Waals surface area (Å²) in [5, 5.41) is 0. The van der Waals surface area contributed by atoms with Crippen LogP contribution in [-0.4, -0.2) is 35.0 Å². The van der Waals surface area contributed by atoms with Crippen LogP contribution in [-0.2, 0) is 0 Å². The first-order chi connectivity index (χ1) is 28.8. The van der Waals surface area contributed by atoms with Crippen molar-refractivity contribution < 1.29 is 0 Å². The molecule has 2 heteroatoms. The molecule has 4 bridgehead atoms. The lowest BCUT2D eigenvalue weighted by Crippen LogP contribution is -2.27. The van der Waals surface area contributed by atoms with Crippen LogP contribution in [0.2, 0.25) is 0 Å². The molecule has 4 aliphatic heterocycles. The van der Waals surface area contributed by atoms with E-state index >= 15 is 0 Å². The minimum absolute atomic E-state index is 0.446. The molecule has 4 heterocycles. The smallest absolute Gasteiger partial charge is 0.0206 e. The summed E-state index contributed by atoms with van der Waals surface area (Å²) in [4.78, 5) is 0. The lowest BCUT2D eigenvalue weighted by Gasteiger charge is -2.43. The van der Waals surface area contributed by atoms with Gasteiger partial charge in [-0.15, -0.1) is 15.8 Å². The number of rotatable bonds is 38. The van der Waals surface area contributed by atoms with Gasteiger partial charge in [0.05, 0.1) is 0 Å². The second kappa shape index (κ2) is 39.5. The summed E-state index contributed by atoms with van der Waals surface area (Å²) in [6, 6.07) is 0. The van der Waals surface area contributed by atoms with Crippen molar-refractivity contribution in [2.24, 2.45) is 0 Å². The highest BCUT2D eigenvalue weighted by molar-refractivity contribution is 7.59. The molecule has 2 atom stereocenters. The van der Waals surface area contributed by atoms with Crippen LogP contribution in [0.25, 0.3) is 0 Å². The topological polar surface area (TPSA) is 0 Å². The first-order valence-electron chi connectivity index (χ1n) is 28.3. The van der Waals surface area contributed by atoms with E-state index in [0.29, 0.717) is 15.8 Å². The van der Waals surface area contributed by atoms with Crippen LogP contribution in [0.3, 0.4) is 0 Å². The predicted molar refractivity (Wildman–Crippen MR) is 272 cm³/mol. The lowest BCUT2D eigenvalue weighted by atomic mass is 9.99. The van der Waals surface area contributed by atoms with E-state index in [-0.39, 0.29) is 0 Å². The Balaban J connectivity index is 0.000000310. The van der Waals surface area contributed by atoms with Crippen molar-refractivity contribution in [3.05, 3.63) is 0 Å². The first kappa shape index (κ1) is 53.2. The molecule has 0 radical (unpaired) electrons. The van der Waals surface area contributed by atoms with Crippen molar-refractivity contribution in [3.8, 4) is 0 Å². The summed E-state index contributed by atoms with van der Waals surface area (Å²) in [6.07, 6.45) is 76.2. The molecular weight excluding hydrogens is 735 g/mol. The molecule has 344 valence electrons. The van der Waals surface area contributed by atoms with Crippen molar-refractivity contribution >= 4 is 15.8 Å². The molecule has 0 aliphatic carbocycles. The van der Waals surface area contributed by atoms with E-state index in [9.17, 15) is 0 Å². The van der Waals surface area contributed by atoms with E-state index < -0.39 is 0 Å². The molecule has 4 aliphatic rings. The molecule has 4 saturated heterocycles. The molecular formula is C56H110P2. The average molecular weight is 845 g/mol. The molecule has 4 fully saturated rings. The number of hydrogen-bond donors (Lipinski definition) is 0. The van der Waals surface area contributed by atoms with Crippen LogP contribution in [0.4, 0.5) is 0 Å². The van der Waals surface area contributed by atoms with Gasteiger partial charge in [-0.1, -0.05) is 258 Å². The zero-order valence-corrected chi connectivity index (χ0v) is 42.3. The largest absolute Gasteiger partial charge is 0.100 e. The van der Waals surface area contributed by atoms with E-state index in [1.807, 2.05) is 0 Å². The van der Waals surface area contributed by atoms with Crippen molar-refractivity contribution in [2.75, 3.05) is 12.3 Å². The Labute approximate surface area is 371 Å². The van der Waals surface area contributed by atoms with Crippen LogP contribution >= 0.6 is 15.8 Å². The van der Waals surface area contributed by atoms with Crippen LogP contribution in [0, 0.1) is 0 Å². The van der Waals surface area contributed by atoms with Crippen molar-refractivity contribution in [1.82, 2.24) is 0 Å². The van der Waals surface area contributed by atoms with E-state index in [2.05, 4.69) is 13.8 Å². The lowest BCUT2D eigenvalue weighted by molar-refractivity contribution is 0.473. The molecule has 58 heavy (non-hydrogen) atoms. The third kappa shape index (κ3) is 27.1. The highest BCUT2D eigenvalue weighted by Gasteiger charge is 2.36. The molecule has 0 amide bonds. The number of unbranched alkanes of at least 4 members (excludes halogenated alkanes) is 34. The Hall–Kier alpha value is 0.860. The molecule has 0 aromatic heterocycles. The van der Waals surface area contributed by atoms with Gasteiger partial charge in [-0.05, 0) is 99.2 Å². The Kier molecular flexibility index (Phi) is 36.2. The molecule has 4 rings (SSSR count). The molecule has 0 nitrogen and oxygen atoms in total. The summed E-state index contributed by atoms with van der Waals surface area (Å²) in [6.45, 7) is 4.62. The maximum absolute atomic E-state index is 2.31. The van der Waals surface area contributed by atoms with E-state index in [1.54, 1.807) is 102 Å². The summed E-state index contributed by atoms with van der Waals surface area (Å²) in [7, 11) is 0.892. The number of hydrogen-bond acceptors (Lipinski definition) is 0. The highest BCUT2D eigenvalue weighted by Crippen LogP contribution is 2.61. The minimum Gasteiger partial charge on any atom is -0.100 e. The van der Waals surface area contributed by atoms with Crippen molar-refractivity contribution in [2.45, 2.75) is 345 Å². The van der Waals surface area contributed by atoms with Crippen LogP contribution in [0.1, 0.15) is 322 Å². The Morgan fingerprint density at radius 3 is 0.655 bits per heavy atom. The van der Waals surface area contributed by atoms with Crippen molar-refractivity contribution in [1.29, 1.82) is 0 Å². The van der Waals surface area contributed by atoms with E-state index in [4.69, 9.17) is 0 Å². The van der Waals surface area contributed by atoms with E-state index in [0.717, 1.165) is 0 Å². The Morgan fingerprint density at radius 1 is 0.224 bits per heavy atom. The second-order valence-corrected chi connectivity index (χ2v) is 26.7. The van der Waals surface area contributed by atoms with Gasteiger partial charge in [0.1, 0.15) is 0 Å². The Bertz CT molecular complexity index is 755. The second-order valence-electron chi connectivity index (χ2n) is 20.8. The fraction of sp³-hybridized carbons (Fsp3) is 1.00. The maximum Gasteiger partial charge on any atom is -0.0206 e. The zero-order chi connectivity index (χ0) is 40.8. The standard InChI is InChI=1S/2C28H55P/c1-2-3-4-5-6-7-8-9-10-11-12-13-14-15-16-17-18-21-26-29-27-22-19-20-23-28(29)25-24-27;1-2-3-4-5-6-7-8-9-10-11-12-13-14-15-16-17-18-19-26-29-27-22-20-23-28(29)25-21-24-27/h2*27-28H,2-26H2,1H3. The molecule has 0 saturated carbocycles. The molecule has 0 aromatic carbocycles. The van der Waals surface area contributed by atoms with Gasteiger partial charge in [-0.25, -0.2) is 0 Å². The predicted octanol–water partition coefficient (Wildman–Crippen LogP) is 21.2. The van der Waals surface area contributed by atoms with Gasteiger partial charge in [0, 0.05) is 0 Å². The zero-order valence-electron chi connectivity index (χ0n) is 40.6. The van der Waals surface area contributed by atoms with Gasteiger partial charge in [-0.2, -0.15) is 0 Å². The maximum atomic E-state index is 2.31. The number of fused-ring (bicyclic) bond motifs is 4. The van der Waals surface area contributed by atoms with Crippen molar-refractivity contribution in [3.63, 3.8) is 0 Å². The summed E-state index contributed by atoms with van der Waals surface area (Å²) >= 11 is 0. The van der Waals surface area contributed by atoms with Gasteiger partial charge in [0.25, 0.3) is 0 Å². The van der Waals surface area contributed by atoms with Gasteiger partial charge in [0.15, 0.2) is 0 Å².